The van der Waals surface area contributed by atoms with Crippen molar-refractivity contribution >= 4 is 5.97 Å². The molecule has 0 amide bonds. The highest BCUT2D eigenvalue weighted by Gasteiger charge is 2.56. The average molecular weight is 290 g/mol. The third-order valence-electron chi connectivity index (χ3n) is 3.29. The largest absolute Gasteiger partial charge is 0.467 e. The number of aliphatic hydroxyl groups is 1. The van der Waals surface area contributed by atoms with E-state index in [1.807, 2.05) is 0 Å². The van der Waals surface area contributed by atoms with Crippen molar-refractivity contribution < 1.29 is 33.6 Å². The van der Waals surface area contributed by atoms with Crippen molar-refractivity contribution in [1.82, 2.24) is 0 Å². The molecule has 116 valence electrons. The number of esters is 1. The maximum atomic E-state index is 11.8. The summed E-state index contributed by atoms with van der Waals surface area (Å²) < 4.78 is 27.4. The summed E-state index contributed by atoms with van der Waals surface area (Å²) in [7, 11) is 1.29. The van der Waals surface area contributed by atoms with Crippen molar-refractivity contribution in [2.24, 2.45) is 0 Å². The molecule has 2 aliphatic heterocycles. The lowest BCUT2D eigenvalue weighted by molar-refractivity contribution is -0.176. The van der Waals surface area contributed by atoms with Gasteiger partial charge in [-0.1, -0.05) is 0 Å². The van der Waals surface area contributed by atoms with Gasteiger partial charge in [-0.15, -0.1) is 0 Å². The van der Waals surface area contributed by atoms with Crippen LogP contribution in [0.5, 0.6) is 0 Å². The smallest absolute Gasteiger partial charge is 0.337 e. The molecule has 2 unspecified atom stereocenters. The predicted octanol–water partition coefficient (Wildman–Crippen LogP) is 0.192. The zero-order valence-electron chi connectivity index (χ0n) is 12.4. The van der Waals surface area contributed by atoms with Gasteiger partial charge in [0.05, 0.1) is 13.7 Å². The van der Waals surface area contributed by atoms with Crippen LogP contribution in [0.25, 0.3) is 0 Å². The molecule has 2 aliphatic rings. The monoisotopic (exact) mass is 290 g/mol. The Kier molecular flexibility index (Phi) is 4.10. The zero-order valence-corrected chi connectivity index (χ0v) is 12.4. The van der Waals surface area contributed by atoms with E-state index in [0.717, 1.165) is 0 Å². The second kappa shape index (κ2) is 5.23. The third kappa shape index (κ3) is 2.96. The molecule has 0 aliphatic carbocycles. The molecule has 20 heavy (non-hydrogen) atoms. The summed E-state index contributed by atoms with van der Waals surface area (Å²) in [6, 6.07) is 0. The SMILES string of the molecule is COC(=O)C1OC(C)(C)O[C@H]1[C@H]1OC(C)(C)OC1CO. The molecule has 2 saturated heterocycles. The molecule has 2 heterocycles. The van der Waals surface area contributed by atoms with Crippen LogP contribution < -0.4 is 0 Å². The van der Waals surface area contributed by atoms with Crippen LogP contribution in [-0.2, 0) is 28.5 Å². The normalized spacial score (nSPS) is 38.9. The first-order chi connectivity index (χ1) is 9.19. The van der Waals surface area contributed by atoms with Crippen LogP contribution in [0.4, 0.5) is 0 Å². The number of hydrogen-bond donors (Lipinski definition) is 1. The van der Waals surface area contributed by atoms with Gasteiger partial charge < -0.3 is 28.8 Å². The van der Waals surface area contributed by atoms with Crippen molar-refractivity contribution in [3.8, 4) is 0 Å². The Labute approximate surface area is 118 Å². The minimum absolute atomic E-state index is 0.234. The Hall–Kier alpha value is -0.730. The summed E-state index contributed by atoms with van der Waals surface area (Å²) in [4.78, 5) is 11.8. The summed E-state index contributed by atoms with van der Waals surface area (Å²) in [5.41, 5.74) is 0. The zero-order chi connectivity index (χ0) is 15.1. The van der Waals surface area contributed by atoms with Gasteiger partial charge >= 0.3 is 5.97 Å². The van der Waals surface area contributed by atoms with Crippen LogP contribution in [0.1, 0.15) is 27.7 Å². The van der Waals surface area contributed by atoms with E-state index in [1.54, 1.807) is 27.7 Å². The number of methoxy groups -OCH3 is 1. The number of hydrogen-bond acceptors (Lipinski definition) is 7. The molecule has 0 aromatic rings. The molecule has 0 saturated carbocycles. The van der Waals surface area contributed by atoms with Crippen molar-refractivity contribution in [2.45, 2.75) is 63.7 Å². The van der Waals surface area contributed by atoms with Crippen molar-refractivity contribution in [2.75, 3.05) is 13.7 Å². The summed E-state index contributed by atoms with van der Waals surface area (Å²) in [5.74, 6) is -2.32. The maximum Gasteiger partial charge on any atom is 0.337 e. The second-order valence-electron chi connectivity index (χ2n) is 5.87. The van der Waals surface area contributed by atoms with E-state index in [1.165, 1.54) is 7.11 Å². The van der Waals surface area contributed by atoms with Gasteiger partial charge in [0.25, 0.3) is 0 Å². The van der Waals surface area contributed by atoms with Gasteiger partial charge in [0, 0.05) is 0 Å². The fourth-order valence-electron chi connectivity index (χ4n) is 2.61. The number of rotatable bonds is 3. The number of carbonyl (C=O) groups is 1. The Morgan fingerprint density at radius 3 is 2.15 bits per heavy atom. The Morgan fingerprint density at radius 2 is 1.60 bits per heavy atom. The minimum atomic E-state index is -0.931. The van der Waals surface area contributed by atoms with Crippen molar-refractivity contribution in [1.29, 1.82) is 0 Å². The quantitative estimate of drug-likeness (QED) is 0.743. The topological polar surface area (TPSA) is 83.5 Å². The summed E-state index contributed by atoms with van der Waals surface area (Å²) in [6.45, 7) is 6.66. The number of aliphatic hydroxyl groups excluding tert-OH is 1. The van der Waals surface area contributed by atoms with Gasteiger partial charge in [-0.25, -0.2) is 4.79 Å². The standard InChI is InChI=1S/C13H22O7/c1-12(2)17-7(6-14)8(18-12)9-10(11(15)16-5)20-13(3,4)19-9/h7-10,14H,6H2,1-5H3/t7?,8-,9-,10?/m0/s1. The van der Waals surface area contributed by atoms with Crippen LogP contribution in [0.15, 0.2) is 0 Å². The van der Waals surface area contributed by atoms with Crippen molar-refractivity contribution in [3.63, 3.8) is 0 Å². The van der Waals surface area contributed by atoms with Gasteiger partial charge in [0.15, 0.2) is 17.7 Å². The highest BCUT2D eigenvalue weighted by molar-refractivity contribution is 5.75. The van der Waals surface area contributed by atoms with E-state index in [-0.39, 0.29) is 6.61 Å². The molecule has 7 nitrogen and oxygen atoms in total. The Bertz CT molecular complexity index is 379. The number of ether oxygens (including phenoxy) is 5. The first-order valence-electron chi connectivity index (χ1n) is 6.59. The Balaban J connectivity index is 2.22. The first-order valence-corrected chi connectivity index (χ1v) is 6.59. The van der Waals surface area contributed by atoms with E-state index in [9.17, 15) is 9.90 Å². The molecule has 2 fully saturated rings. The lowest BCUT2D eigenvalue weighted by atomic mass is 10.0. The highest BCUT2D eigenvalue weighted by Crippen LogP contribution is 2.38. The highest BCUT2D eigenvalue weighted by atomic mass is 16.8. The molecule has 0 aromatic heterocycles. The molecule has 0 radical (unpaired) electrons. The van der Waals surface area contributed by atoms with E-state index in [4.69, 9.17) is 23.7 Å². The number of carbonyl (C=O) groups excluding carboxylic acids is 1. The van der Waals surface area contributed by atoms with E-state index in [2.05, 4.69) is 0 Å². The van der Waals surface area contributed by atoms with Gasteiger partial charge in [-0.2, -0.15) is 0 Å². The summed E-state index contributed by atoms with van der Waals surface area (Å²) in [5, 5.41) is 9.42. The lowest BCUT2D eigenvalue weighted by Gasteiger charge is -2.24. The second-order valence-corrected chi connectivity index (χ2v) is 5.87. The van der Waals surface area contributed by atoms with Gasteiger partial charge in [0.2, 0.25) is 0 Å². The molecular formula is C13H22O7. The van der Waals surface area contributed by atoms with Crippen LogP contribution >= 0.6 is 0 Å². The van der Waals surface area contributed by atoms with Gasteiger partial charge in [-0.3, -0.25) is 0 Å². The van der Waals surface area contributed by atoms with E-state index >= 15 is 0 Å². The van der Waals surface area contributed by atoms with Crippen molar-refractivity contribution in [3.05, 3.63) is 0 Å². The van der Waals surface area contributed by atoms with Crippen LogP contribution in [0, 0.1) is 0 Å². The molecular weight excluding hydrogens is 268 g/mol. The molecule has 0 aromatic carbocycles. The van der Waals surface area contributed by atoms with Gasteiger partial charge in [-0.05, 0) is 27.7 Å². The molecule has 0 spiro atoms. The maximum absolute atomic E-state index is 11.8. The first kappa shape index (κ1) is 15.7. The average Bonchev–Trinajstić information content (AvgIpc) is 2.84. The van der Waals surface area contributed by atoms with E-state index in [0.29, 0.717) is 0 Å². The molecule has 7 heteroatoms. The van der Waals surface area contributed by atoms with Gasteiger partial charge in [0.1, 0.15) is 18.3 Å². The van der Waals surface area contributed by atoms with Crippen LogP contribution in [-0.4, -0.2) is 60.8 Å². The molecule has 1 N–H and O–H groups in total. The summed E-state index contributed by atoms with van der Waals surface area (Å²) in [6.07, 6.45) is -2.80. The van der Waals surface area contributed by atoms with E-state index < -0.39 is 42.0 Å². The molecule has 4 atom stereocenters. The molecule has 2 rings (SSSR count). The third-order valence-corrected chi connectivity index (χ3v) is 3.29. The lowest BCUT2D eigenvalue weighted by Crippen LogP contribution is -2.46. The Morgan fingerprint density at radius 1 is 1.05 bits per heavy atom. The summed E-state index contributed by atoms with van der Waals surface area (Å²) >= 11 is 0. The minimum Gasteiger partial charge on any atom is -0.467 e. The molecule has 0 bridgehead atoms. The van der Waals surface area contributed by atoms with Crippen LogP contribution in [0.3, 0.4) is 0 Å². The predicted molar refractivity (Wildman–Crippen MR) is 66.8 cm³/mol. The fraction of sp³-hybridized carbons (Fsp3) is 0.923. The fourth-order valence-corrected chi connectivity index (χ4v) is 2.61. The van der Waals surface area contributed by atoms with Crippen LogP contribution in [0.2, 0.25) is 0 Å².